The van der Waals surface area contributed by atoms with Crippen molar-refractivity contribution in [1.82, 2.24) is 0 Å². The Bertz CT molecular complexity index is 1690. The lowest BCUT2D eigenvalue weighted by atomic mass is 9.99. The molecule has 2 heterocycles. The fourth-order valence-electron chi connectivity index (χ4n) is 9.94. The number of aliphatic hydroxyl groups excluding tert-OH is 20. The van der Waals surface area contributed by atoms with Crippen molar-refractivity contribution in [2.75, 3.05) is 39.6 Å². The fraction of sp³-hybridized carbons (Fsp3) is 0.967. The van der Waals surface area contributed by atoms with Crippen LogP contribution < -0.4 is 0 Å². The molecule has 0 aromatic rings. The zero-order valence-corrected chi connectivity index (χ0v) is 52.0. The lowest BCUT2D eigenvalue weighted by molar-refractivity contribution is -0.307. The van der Waals surface area contributed by atoms with E-state index in [4.69, 9.17) is 33.5 Å². The molecule has 0 spiro atoms. The molecule has 2 aliphatic rings. The van der Waals surface area contributed by atoms with Gasteiger partial charge in [-0.05, 0) is 38.5 Å². The third kappa shape index (κ3) is 34.2. The highest BCUT2D eigenvalue weighted by atomic mass is 16.7. The van der Waals surface area contributed by atoms with Crippen molar-refractivity contribution in [3.63, 3.8) is 0 Å². The molecule has 10 unspecified atom stereocenters. The van der Waals surface area contributed by atoms with E-state index in [0.29, 0.717) is 38.5 Å². The van der Waals surface area contributed by atoms with E-state index >= 15 is 0 Å². The smallest absolute Gasteiger partial charge is 0.305 e. The van der Waals surface area contributed by atoms with Gasteiger partial charge in [0, 0.05) is 12.8 Å². The first-order valence-corrected chi connectivity index (χ1v) is 32.2. The molecule has 88 heavy (non-hydrogen) atoms. The van der Waals surface area contributed by atoms with Crippen LogP contribution in [0.5, 0.6) is 0 Å². The van der Waals surface area contributed by atoms with Crippen LogP contribution in [0.4, 0.5) is 0 Å². The summed E-state index contributed by atoms with van der Waals surface area (Å²) in [5, 5.41) is 198. The SMILES string of the molecule is CCCCCCCCC(O)C(O)CCCCCCCC(=O)OCC(O)[C@@H](O)[C@H](O)[C@H](O)CO[C@H]1OC(CO)[C@@H](O)[C@H](O)C1O.CCCCCCCCC(O)C(O)CCCCCCCC(=O)OCC1O[C@H](OC[C@@H](O)[C@@H](O)[C@H](O)C(O)CO)C(O)[C@@H](O)[C@@H]1O. The number of esters is 2. The van der Waals surface area contributed by atoms with Gasteiger partial charge in [0.25, 0.3) is 0 Å². The van der Waals surface area contributed by atoms with Gasteiger partial charge >= 0.3 is 11.9 Å². The molecule has 0 bridgehead atoms. The Morgan fingerprint density at radius 2 is 0.659 bits per heavy atom. The lowest BCUT2D eigenvalue weighted by Crippen LogP contribution is -2.60. The third-order valence-electron chi connectivity index (χ3n) is 16.0. The molecule has 2 fully saturated rings. The Morgan fingerprint density at radius 3 is 1.02 bits per heavy atom. The Morgan fingerprint density at radius 1 is 0.352 bits per heavy atom. The van der Waals surface area contributed by atoms with Gasteiger partial charge in [-0.3, -0.25) is 9.59 Å². The Balaban J connectivity index is 0.000000880. The summed E-state index contributed by atoms with van der Waals surface area (Å²) in [6, 6.07) is 0. The largest absolute Gasteiger partial charge is 0.463 e. The van der Waals surface area contributed by atoms with Crippen molar-refractivity contribution in [3.8, 4) is 0 Å². The van der Waals surface area contributed by atoms with Crippen molar-refractivity contribution < 1.29 is 140 Å². The molecule has 2 saturated heterocycles. The topological polar surface area (TPSA) is 494 Å². The van der Waals surface area contributed by atoms with Crippen LogP contribution in [0.15, 0.2) is 0 Å². The van der Waals surface area contributed by atoms with Crippen LogP contribution in [0.1, 0.15) is 194 Å². The van der Waals surface area contributed by atoms with Gasteiger partial charge in [0.2, 0.25) is 0 Å². The van der Waals surface area contributed by atoms with Crippen LogP contribution in [-0.4, -0.2) is 288 Å². The van der Waals surface area contributed by atoms with Gasteiger partial charge in [0.1, 0.15) is 111 Å². The lowest BCUT2D eigenvalue weighted by Gasteiger charge is -2.40. The quantitative estimate of drug-likeness (QED) is 0.0231. The Labute approximate surface area is 518 Å². The molecule has 0 amide bonds. The first-order valence-electron chi connectivity index (χ1n) is 32.2. The second-order valence-electron chi connectivity index (χ2n) is 23.7. The minimum absolute atomic E-state index is 0.0839. The Kier molecular flexibility index (Phi) is 47.3. The molecule has 2 aliphatic heterocycles. The normalized spacial score (nSPS) is 26.5. The summed E-state index contributed by atoms with van der Waals surface area (Å²) < 4.78 is 30.9. The summed E-state index contributed by atoms with van der Waals surface area (Å²) in [6.45, 7) is 0.280. The molecule has 0 saturated carbocycles. The van der Waals surface area contributed by atoms with E-state index < -0.39 is 186 Å². The summed E-state index contributed by atoms with van der Waals surface area (Å²) in [5.74, 6) is -1.16. The predicted molar refractivity (Wildman–Crippen MR) is 314 cm³/mol. The van der Waals surface area contributed by atoms with Crippen LogP contribution in [0.25, 0.3) is 0 Å². The van der Waals surface area contributed by atoms with Gasteiger partial charge in [-0.25, -0.2) is 0 Å². The van der Waals surface area contributed by atoms with E-state index in [1.165, 1.54) is 38.5 Å². The van der Waals surface area contributed by atoms with Gasteiger partial charge in [0.15, 0.2) is 12.6 Å². The molecule has 0 aromatic carbocycles. The van der Waals surface area contributed by atoms with Crippen LogP contribution in [0, 0.1) is 0 Å². The van der Waals surface area contributed by atoms with Crippen LogP contribution in [0.2, 0.25) is 0 Å². The highest BCUT2D eigenvalue weighted by molar-refractivity contribution is 5.69. The van der Waals surface area contributed by atoms with Crippen LogP contribution in [0.3, 0.4) is 0 Å². The maximum atomic E-state index is 12.2. The third-order valence-corrected chi connectivity index (χ3v) is 16.0. The van der Waals surface area contributed by atoms with Crippen LogP contribution in [-0.2, 0) is 38.0 Å². The molecule has 20 N–H and O–H groups in total. The average molecular weight is 1290 g/mol. The highest BCUT2D eigenvalue weighted by Crippen LogP contribution is 2.26. The molecule has 22 atom stereocenters. The molecular formula is C60H116O28. The Hall–Kier alpha value is -2.02. The van der Waals surface area contributed by atoms with Gasteiger partial charge < -0.3 is 131 Å². The molecule has 0 radical (unpaired) electrons. The number of hydrogen-bond acceptors (Lipinski definition) is 28. The maximum Gasteiger partial charge on any atom is 0.305 e. The molecule has 524 valence electrons. The van der Waals surface area contributed by atoms with Crippen molar-refractivity contribution >= 4 is 11.9 Å². The predicted octanol–water partition coefficient (Wildman–Crippen LogP) is -2.01. The zero-order valence-electron chi connectivity index (χ0n) is 52.0. The van der Waals surface area contributed by atoms with E-state index in [2.05, 4.69) is 13.8 Å². The van der Waals surface area contributed by atoms with Crippen molar-refractivity contribution in [3.05, 3.63) is 0 Å². The number of aliphatic hydroxyl groups is 20. The monoisotopic (exact) mass is 1280 g/mol. The molecule has 28 heteroatoms. The van der Waals surface area contributed by atoms with E-state index in [1.807, 2.05) is 0 Å². The molecule has 2 rings (SSSR count). The summed E-state index contributed by atoms with van der Waals surface area (Å²) in [6.07, 6.45) is -9.69. The minimum Gasteiger partial charge on any atom is -0.463 e. The number of carbonyl (C=O) groups is 2. The molecule has 28 nitrogen and oxygen atoms in total. The van der Waals surface area contributed by atoms with E-state index in [0.717, 1.165) is 89.9 Å². The molecular weight excluding hydrogens is 1170 g/mol. The standard InChI is InChI=1S/2C30H58O14/c1-2-3-4-5-7-10-13-19(32)20(33)14-11-8-6-9-12-15-24(36)42-17-21(34)25(37)26(38)22(35)18-43-30-29(41)28(40)27(39)23(16-31)44-30;1-2-3-4-5-7-10-13-19(32)20(33)14-11-8-6-9-12-15-24(36)42-18-23-27(39)28(40)29(41)30(44-23)43-17-22(35)26(38)25(37)21(34)16-31/h2*19-23,25-35,37-41H,2-18H2,1H3/t2*19?,20?,21?,22-,23?,25-,26-,27-,28+,29?,30+/m11/s1. The fourth-order valence-corrected chi connectivity index (χ4v) is 9.94. The molecule has 0 aromatic heterocycles. The summed E-state index contributed by atoms with van der Waals surface area (Å²) in [4.78, 5) is 24.2. The van der Waals surface area contributed by atoms with E-state index in [-0.39, 0.29) is 12.8 Å². The van der Waals surface area contributed by atoms with Crippen LogP contribution >= 0.6 is 0 Å². The number of unbranched alkanes of at least 4 members (excludes halogenated alkanes) is 18. The zero-order chi connectivity index (χ0) is 66.1. The average Bonchev–Trinajstić information content (AvgIpc) is 2.29. The highest BCUT2D eigenvalue weighted by Gasteiger charge is 2.46. The van der Waals surface area contributed by atoms with Crippen molar-refractivity contribution in [1.29, 1.82) is 0 Å². The summed E-state index contributed by atoms with van der Waals surface area (Å²) in [7, 11) is 0. The maximum absolute atomic E-state index is 12.2. The van der Waals surface area contributed by atoms with Gasteiger partial charge in [0.05, 0.1) is 50.8 Å². The first-order chi connectivity index (χ1) is 41.9. The number of hydrogen-bond donors (Lipinski definition) is 20. The van der Waals surface area contributed by atoms with E-state index in [1.54, 1.807) is 0 Å². The number of rotatable bonds is 50. The van der Waals surface area contributed by atoms with Crippen molar-refractivity contribution in [2.45, 2.75) is 328 Å². The first kappa shape index (κ1) is 84.0. The summed E-state index contributed by atoms with van der Waals surface area (Å²) in [5.41, 5.74) is 0. The number of carbonyl (C=O) groups excluding carboxylic acids is 2. The van der Waals surface area contributed by atoms with Crippen molar-refractivity contribution in [2.24, 2.45) is 0 Å². The van der Waals surface area contributed by atoms with Gasteiger partial charge in [-0.15, -0.1) is 0 Å². The second-order valence-corrected chi connectivity index (χ2v) is 23.7. The minimum atomic E-state index is -1.94. The number of ether oxygens (including phenoxy) is 6. The molecule has 0 aliphatic carbocycles. The van der Waals surface area contributed by atoms with E-state index in [9.17, 15) is 107 Å². The second kappa shape index (κ2) is 49.5. The summed E-state index contributed by atoms with van der Waals surface area (Å²) >= 11 is 0. The van der Waals surface area contributed by atoms with Gasteiger partial charge in [-0.1, -0.05) is 142 Å². The van der Waals surface area contributed by atoms with Gasteiger partial charge in [-0.2, -0.15) is 0 Å².